The molecule has 0 saturated heterocycles. The normalized spacial score (nSPS) is 11.7. The fourth-order valence-electron chi connectivity index (χ4n) is 2.54. The molecule has 6 nitrogen and oxygen atoms in total. The van der Waals surface area contributed by atoms with Gasteiger partial charge in [0.2, 0.25) is 0 Å². The predicted molar refractivity (Wildman–Crippen MR) is 97.3 cm³/mol. The minimum atomic E-state index is -0.614. The van der Waals surface area contributed by atoms with Gasteiger partial charge in [-0.2, -0.15) is 0 Å². The van der Waals surface area contributed by atoms with Crippen LogP contribution in [0, 0.1) is 0 Å². The van der Waals surface area contributed by atoms with Gasteiger partial charge in [0.05, 0.1) is 11.6 Å². The summed E-state index contributed by atoms with van der Waals surface area (Å²) in [6.07, 6.45) is 0. The highest BCUT2D eigenvalue weighted by atomic mass is 16.2. The molecule has 0 unspecified atom stereocenters. The molecule has 25 heavy (non-hydrogen) atoms. The van der Waals surface area contributed by atoms with Crippen LogP contribution in [0.5, 0.6) is 0 Å². The number of urea groups is 1. The third-order valence-electron chi connectivity index (χ3n) is 3.86. The third kappa shape index (κ3) is 3.92. The van der Waals surface area contributed by atoms with Crippen molar-refractivity contribution in [3.8, 4) is 0 Å². The van der Waals surface area contributed by atoms with E-state index in [4.69, 9.17) is 5.73 Å². The summed E-state index contributed by atoms with van der Waals surface area (Å²) in [6.45, 7) is 1.88. The first kappa shape index (κ1) is 16.4. The Morgan fingerprint density at radius 1 is 1.00 bits per heavy atom. The number of nitrogens with two attached hydrogens (primary N) is 1. The lowest BCUT2D eigenvalue weighted by Gasteiger charge is -2.15. The second-order valence-corrected chi connectivity index (χ2v) is 5.70. The van der Waals surface area contributed by atoms with E-state index in [2.05, 4.69) is 15.6 Å². The lowest BCUT2D eigenvalue weighted by molar-refractivity contribution is 0.0935. The van der Waals surface area contributed by atoms with Gasteiger partial charge in [-0.15, -0.1) is 0 Å². The van der Waals surface area contributed by atoms with Crippen LogP contribution in [-0.2, 0) is 0 Å². The molecule has 3 aromatic rings. The van der Waals surface area contributed by atoms with Crippen LogP contribution in [0.2, 0.25) is 0 Å². The van der Waals surface area contributed by atoms with Gasteiger partial charge < -0.3 is 16.4 Å². The molecule has 1 aromatic heterocycles. The van der Waals surface area contributed by atoms with Gasteiger partial charge in [-0.3, -0.25) is 4.79 Å². The van der Waals surface area contributed by atoms with Crippen LogP contribution in [-0.4, -0.2) is 16.9 Å². The summed E-state index contributed by atoms with van der Waals surface area (Å²) in [7, 11) is 0. The van der Waals surface area contributed by atoms with Crippen molar-refractivity contribution in [1.29, 1.82) is 0 Å². The molecule has 0 bridgehead atoms. The molecule has 1 heterocycles. The zero-order valence-corrected chi connectivity index (χ0v) is 13.7. The molecule has 3 amide bonds. The molecule has 0 aliphatic heterocycles. The molecule has 1 atom stereocenters. The second kappa shape index (κ2) is 7.00. The number of hydrogen-bond acceptors (Lipinski definition) is 3. The smallest absolute Gasteiger partial charge is 0.316 e. The summed E-state index contributed by atoms with van der Waals surface area (Å²) in [5.41, 5.74) is 7.74. The van der Waals surface area contributed by atoms with E-state index >= 15 is 0 Å². The molecule has 0 aliphatic carbocycles. The maximum absolute atomic E-state index is 12.4. The number of aromatic nitrogens is 1. The zero-order valence-electron chi connectivity index (χ0n) is 13.7. The summed E-state index contributed by atoms with van der Waals surface area (Å²) in [6, 6.07) is 17.5. The maximum Gasteiger partial charge on any atom is 0.316 e. The van der Waals surface area contributed by atoms with Gasteiger partial charge in [0.15, 0.2) is 0 Å². The van der Waals surface area contributed by atoms with Crippen LogP contribution in [0.3, 0.4) is 0 Å². The highest BCUT2D eigenvalue weighted by molar-refractivity contribution is 5.95. The van der Waals surface area contributed by atoms with Crippen LogP contribution >= 0.6 is 0 Å². The standard InChI is InChI=1S/C19H18N4O2/c1-12(13-6-9-15(10-7-13)22-19(20)25)21-18(24)17-11-8-14-4-2-3-5-16(14)23-17/h2-12H,1H3,(H,21,24)(H3,20,22,25)/t12-/m0/s1. The number of rotatable bonds is 4. The first-order valence-electron chi connectivity index (χ1n) is 7.86. The summed E-state index contributed by atoms with van der Waals surface area (Å²) in [4.78, 5) is 27.7. The number of pyridine rings is 1. The number of benzene rings is 2. The monoisotopic (exact) mass is 334 g/mol. The number of para-hydroxylation sites is 1. The van der Waals surface area contributed by atoms with E-state index in [-0.39, 0.29) is 11.9 Å². The largest absolute Gasteiger partial charge is 0.351 e. The number of amides is 3. The number of nitrogens with one attached hydrogen (secondary N) is 2. The molecule has 4 N–H and O–H groups in total. The molecule has 126 valence electrons. The van der Waals surface area contributed by atoms with Crippen molar-refractivity contribution in [3.05, 3.63) is 71.9 Å². The van der Waals surface area contributed by atoms with Crippen molar-refractivity contribution in [2.45, 2.75) is 13.0 Å². The topological polar surface area (TPSA) is 97.1 Å². The zero-order chi connectivity index (χ0) is 17.8. The second-order valence-electron chi connectivity index (χ2n) is 5.70. The average molecular weight is 334 g/mol. The molecule has 3 rings (SSSR count). The number of anilines is 1. The molecule has 2 aromatic carbocycles. The average Bonchev–Trinajstić information content (AvgIpc) is 2.61. The number of primary amides is 1. The van der Waals surface area contributed by atoms with Gasteiger partial charge in [-0.25, -0.2) is 9.78 Å². The highest BCUT2D eigenvalue weighted by Crippen LogP contribution is 2.17. The van der Waals surface area contributed by atoms with E-state index in [1.807, 2.05) is 49.4 Å². The Bertz CT molecular complexity index is 922. The van der Waals surface area contributed by atoms with Crippen LogP contribution in [0.4, 0.5) is 10.5 Å². The Hall–Kier alpha value is -3.41. The van der Waals surface area contributed by atoms with Crippen molar-refractivity contribution in [2.24, 2.45) is 5.73 Å². The van der Waals surface area contributed by atoms with E-state index < -0.39 is 6.03 Å². The van der Waals surface area contributed by atoms with Crippen molar-refractivity contribution in [1.82, 2.24) is 10.3 Å². The van der Waals surface area contributed by atoms with E-state index in [0.717, 1.165) is 16.5 Å². The fourth-order valence-corrected chi connectivity index (χ4v) is 2.54. The van der Waals surface area contributed by atoms with E-state index in [0.29, 0.717) is 11.4 Å². The Balaban J connectivity index is 1.71. The Kier molecular flexibility index (Phi) is 4.61. The van der Waals surface area contributed by atoms with E-state index in [1.165, 1.54) is 0 Å². The molecule has 0 radical (unpaired) electrons. The summed E-state index contributed by atoms with van der Waals surface area (Å²) in [5, 5.41) is 6.41. The molecular weight excluding hydrogens is 316 g/mol. The summed E-state index contributed by atoms with van der Waals surface area (Å²) >= 11 is 0. The first-order valence-corrected chi connectivity index (χ1v) is 7.86. The van der Waals surface area contributed by atoms with Crippen molar-refractivity contribution in [2.75, 3.05) is 5.32 Å². The Morgan fingerprint density at radius 3 is 2.44 bits per heavy atom. The lowest BCUT2D eigenvalue weighted by Crippen LogP contribution is -2.27. The van der Waals surface area contributed by atoms with Crippen LogP contribution in [0.25, 0.3) is 10.9 Å². The van der Waals surface area contributed by atoms with Gasteiger partial charge in [-0.05, 0) is 36.8 Å². The molecule has 0 fully saturated rings. The molecule has 0 aliphatic rings. The van der Waals surface area contributed by atoms with Gasteiger partial charge in [-0.1, -0.05) is 36.4 Å². The van der Waals surface area contributed by atoms with Gasteiger partial charge in [0.25, 0.3) is 5.91 Å². The quantitative estimate of drug-likeness (QED) is 0.683. The minimum absolute atomic E-state index is 0.205. The molecule has 0 saturated carbocycles. The van der Waals surface area contributed by atoms with Crippen molar-refractivity contribution < 1.29 is 9.59 Å². The predicted octanol–water partition coefficient (Wildman–Crippen LogP) is 3.22. The van der Waals surface area contributed by atoms with Crippen molar-refractivity contribution >= 4 is 28.5 Å². The van der Waals surface area contributed by atoms with Gasteiger partial charge >= 0.3 is 6.03 Å². The van der Waals surface area contributed by atoms with Crippen molar-refractivity contribution in [3.63, 3.8) is 0 Å². The van der Waals surface area contributed by atoms with Gasteiger partial charge in [0.1, 0.15) is 5.69 Å². The third-order valence-corrected chi connectivity index (χ3v) is 3.86. The number of carbonyl (C=O) groups is 2. The van der Waals surface area contributed by atoms with Crippen LogP contribution in [0.1, 0.15) is 29.0 Å². The highest BCUT2D eigenvalue weighted by Gasteiger charge is 2.13. The van der Waals surface area contributed by atoms with E-state index in [9.17, 15) is 9.59 Å². The molecule has 0 spiro atoms. The summed E-state index contributed by atoms with van der Waals surface area (Å²) in [5.74, 6) is -0.238. The SMILES string of the molecule is C[C@H](NC(=O)c1ccc2ccccc2n1)c1ccc(NC(N)=O)cc1. The Morgan fingerprint density at radius 2 is 1.72 bits per heavy atom. The lowest BCUT2D eigenvalue weighted by atomic mass is 10.1. The number of nitrogens with zero attached hydrogens (tertiary/aromatic N) is 1. The Labute approximate surface area is 145 Å². The maximum atomic E-state index is 12.4. The number of carbonyl (C=O) groups excluding carboxylic acids is 2. The van der Waals surface area contributed by atoms with Crippen LogP contribution < -0.4 is 16.4 Å². The minimum Gasteiger partial charge on any atom is -0.351 e. The van der Waals surface area contributed by atoms with Gasteiger partial charge in [0, 0.05) is 11.1 Å². The first-order chi connectivity index (χ1) is 12.0. The van der Waals surface area contributed by atoms with E-state index in [1.54, 1.807) is 18.2 Å². The number of hydrogen-bond donors (Lipinski definition) is 3. The molecular formula is C19H18N4O2. The molecule has 6 heteroatoms. The van der Waals surface area contributed by atoms with Crippen LogP contribution in [0.15, 0.2) is 60.7 Å². The fraction of sp³-hybridized carbons (Fsp3) is 0.105. The summed E-state index contributed by atoms with van der Waals surface area (Å²) < 4.78 is 0. The number of fused-ring (bicyclic) bond motifs is 1.